The van der Waals surface area contributed by atoms with E-state index in [1.54, 1.807) is 37.5 Å². The third-order valence-electron chi connectivity index (χ3n) is 2.67. The third-order valence-corrected chi connectivity index (χ3v) is 2.67. The largest absolute Gasteiger partial charge is 0.497 e. The van der Waals surface area contributed by atoms with Gasteiger partial charge in [-0.15, -0.1) is 0 Å². The molecule has 0 atom stereocenters. The Kier molecular flexibility index (Phi) is 7.07. The van der Waals surface area contributed by atoms with Crippen LogP contribution in [0.2, 0.25) is 0 Å². The lowest BCUT2D eigenvalue weighted by Crippen LogP contribution is -2.03. The number of hydrogen-bond acceptors (Lipinski definition) is 5. The highest BCUT2D eigenvalue weighted by atomic mass is 16.5. The van der Waals surface area contributed by atoms with Gasteiger partial charge in [0.25, 0.3) is 0 Å². The van der Waals surface area contributed by atoms with Crippen LogP contribution in [0.4, 0.5) is 0 Å². The quantitative estimate of drug-likeness (QED) is 0.335. The molecule has 5 heteroatoms. The molecule has 0 aliphatic heterocycles. The number of benzene rings is 1. The molecule has 1 rings (SSSR count). The number of ether oxygens (including phenoxy) is 3. The number of esters is 2. The SMILES string of the molecule is C=C(/C=C\C(=C)OC(=O)c1ccc(OC)cc1)/C=C/C(=O)OC. The molecule has 0 saturated carbocycles. The summed E-state index contributed by atoms with van der Waals surface area (Å²) in [6.07, 6.45) is 5.74. The third kappa shape index (κ3) is 6.48. The molecule has 0 saturated heterocycles. The molecule has 120 valence electrons. The minimum absolute atomic E-state index is 0.151. The molecule has 1 aromatic rings. The van der Waals surface area contributed by atoms with Crippen molar-refractivity contribution in [1.29, 1.82) is 0 Å². The van der Waals surface area contributed by atoms with Crippen LogP contribution in [0.15, 0.2) is 73.1 Å². The lowest BCUT2D eigenvalue weighted by atomic mass is 10.2. The van der Waals surface area contributed by atoms with Crippen molar-refractivity contribution in [2.45, 2.75) is 0 Å². The summed E-state index contributed by atoms with van der Waals surface area (Å²) in [5.74, 6) is -0.213. The van der Waals surface area contributed by atoms with Gasteiger partial charge in [-0.2, -0.15) is 0 Å². The Morgan fingerprint density at radius 3 is 2.13 bits per heavy atom. The second-order valence-corrected chi connectivity index (χ2v) is 4.35. The molecule has 0 bridgehead atoms. The molecule has 0 radical (unpaired) electrons. The molecule has 0 aliphatic rings. The molecule has 0 heterocycles. The fraction of sp³-hybridized carbons (Fsp3) is 0.111. The first-order valence-electron chi connectivity index (χ1n) is 6.64. The molecule has 1 aromatic carbocycles. The van der Waals surface area contributed by atoms with E-state index in [1.807, 2.05) is 0 Å². The summed E-state index contributed by atoms with van der Waals surface area (Å²) in [5.41, 5.74) is 0.904. The Morgan fingerprint density at radius 2 is 1.57 bits per heavy atom. The molecule has 23 heavy (non-hydrogen) atoms. The van der Waals surface area contributed by atoms with Crippen LogP contribution in [0.3, 0.4) is 0 Å². The first kappa shape index (κ1) is 18.0. The zero-order valence-corrected chi connectivity index (χ0v) is 13.1. The van der Waals surface area contributed by atoms with E-state index in [1.165, 1.54) is 25.3 Å². The van der Waals surface area contributed by atoms with Crippen molar-refractivity contribution in [2.75, 3.05) is 14.2 Å². The molecule has 0 spiro atoms. The average molecular weight is 314 g/mol. The van der Waals surface area contributed by atoms with Gasteiger partial charge in [0.1, 0.15) is 11.5 Å². The summed E-state index contributed by atoms with van der Waals surface area (Å²) in [4.78, 5) is 22.8. The summed E-state index contributed by atoms with van der Waals surface area (Å²) in [6, 6.07) is 6.51. The van der Waals surface area contributed by atoms with Gasteiger partial charge in [-0.05, 0) is 42.0 Å². The van der Waals surface area contributed by atoms with Gasteiger partial charge in [0, 0.05) is 6.08 Å². The highest BCUT2D eigenvalue weighted by Gasteiger charge is 2.07. The van der Waals surface area contributed by atoms with Crippen molar-refractivity contribution in [3.05, 3.63) is 78.6 Å². The Hall–Kier alpha value is -3.08. The van der Waals surface area contributed by atoms with Gasteiger partial charge in [-0.1, -0.05) is 19.2 Å². The first-order chi connectivity index (χ1) is 11.0. The standard InChI is InChI=1S/C18H18O5/c1-13(6-12-17(19)22-4)5-7-14(2)23-18(20)15-8-10-16(21-3)11-9-15/h5-12H,1-2H2,3-4H3/b7-5-,12-6+. The maximum Gasteiger partial charge on any atom is 0.343 e. The van der Waals surface area contributed by atoms with Crippen LogP contribution in [0.5, 0.6) is 5.75 Å². The van der Waals surface area contributed by atoms with E-state index in [0.717, 1.165) is 0 Å². The Labute approximate surface area is 135 Å². The topological polar surface area (TPSA) is 61.8 Å². The molecule has 0 unspecified atom stereocenters. The van der Waals surface area contributed by atoms with E-state index in [4.69, 9.17) is 9.47 Å². The lowest BCUT2D eigenvalue weighted by molar-refractivity contribution is -0.134. The highest BCUT2D eigenvalue weighted by molar-refractivity contribution is 5.90. The normalized spacial score (nSPS) is 10.5. The number of rotatable bonds is 7. The second-order valence-electron chi connectivity index (χ2n) is 4.35. The average Bonchev–Trinajstić information content (AvgIpc) is 2.57. The highest BCUT2D eigenvalue weighted by Crippen LogP contribution is 2.13. The number of allylic oxidation sites excluding steroid dienone is 4. The molecular formula is C18H18O5. The molecular weight excluding hydrogens is 296 g/mol. The van der Waals surface area contributed by atoms with Gasteiger partial charge < -0.3 is 14.2 Å². The maximum absolute atomic E-state index is 11.9. The number of carbonyl (C=O) groups excluding carboxylic acids is 2. The van der Waals surface area contributed by atoms with Crippen molar-refractivity contribution < 1.29 is 23.8 Å². The van der Waals surface area contributed by atoms with E-state index >= 15 is 0 Å². The first-order valence-corrected chi connectivity index (χ1v) is 6.64. The minimum Gasteiger partial charge on any atom is -0.497 e. The molecule has 0 fully saturated rings. The monoisotopic (exact) mass is 314 g/mol. The van der Waals surface area contributed by atoms with Crippen LogP contribution in [-0.4, -0.2) is 26.2 Å². The summed E-state index contributed by atoms with van der Waals surface area (Å²) >= 11 is 0. The smallest absolute Gasteiger partial charge is 0.343 e. The van der Waals surface area contributed by atoms with Gasteiger partial charge in [0.05, 0.1) is 19.8 Å². The van der Waals surface area contributed by atoms with Gasteiger partial charge in [0.15, 0.2) is 0 Å². The second kappa shape index (κ2) is 9.04. The summed E-state index contributed by atoms with van der Waals surface area (Å²) in [6.45, 7) is 7.34. The lowest BCUT2D eigenvalue weighted by Gasteiger charge is -2.04. The van der Waals surface area contributed by atoms with Crippen LogP contribution >= 0.6 is 0 Å². The van der Waals surface area contributed by atoms with Crippen LogP contribution in [0.25, 0.3) is 0 Å². The Morgan fingerprint density at radius 1 is 0.957 bits per heavy atom. The van der Waals surface area contributed by atoms with Crippen LogP contribution in [-0.2, 0) is 14.3 Å². The van der Waals surface area contributed by atoms with Crippen molar-refractivity contribution in [2.24, 2.45) is 0 Å². The minimum atomic E-state index is -0.530. The van der Waals surface area contributed by atoms with E-state index in [-0.39, 0.29) is 5.76 Å². The molecule has 0 N–H and O–H groups in total. The Bertz CT molecular complexity index is 650. The van der Waals surface area contributed by atoms with Gasteiger partial charge in [0.2, 0.25) is 0 Å². The maximum atomic E-state index is 11.9. The summed E-state index contributed by atoms with van der Waals surface area (Å²) in [5, 5.41) is 0. The van der Waals surface area contributed by atoms with Crippen molar-refractivity contribution in [3.8, 4) is 5.75 Å². The predicted octanol–water partition coefficient (Wildman–Crippen LogP) is 3.21. The van der Waals surface area contributed by atoms with Crippen molar-refractivity contribution in [3.63, 3.8) is 0 Å². The van der Waals surface area contributed by atoms with Crippen LogP contribution in [0.1, 0.15) is 10.4 Å². The van der Waals surface area contributed by atoms with E-state index in [0.29, 0.717) is 16.9 Å². The van der Waals surface area contributed by atoms with Crippen LogP contribution in [0, 0.1) is 0 Å². The molecule has 0 aromatic heterocycles. The summed E-state index contributed by atoms with van der Waals surface area (Å²) < 4.78 is 14.6. The van der Waals surface area contributed by atoms with Gasteiger partial charge in [-0.25, -0.2) is 9.59 Å². The zero-order valence-electron chi connectivity index (χ0n) is 13.1. The number of methoxy groups -OCH3 is 2. The number of carbonyl (C=O) groups is 2. The van der Waals surface area contributed by atoms with E-state index in [2.05, 4.69) is 17.9 Å². The molecule has 5 nitrogen and oxygen atoms in total. The van der Waals surface area contributed by atoms with Crippen LogP contribution < -0.4 is 4.74 Å². The van der Waals surface area contributed by atoms with Crippen molar-refractivity contribution in [1.82, 2.24) is 0 Å². The molecule has 0 aliphatic carbocycles. The summed E-state index contributed by atoms with van der Waals surface area (Å²) in [7, 11) is 2.83. The van der Waals surface area contributed by atoms with Gasteiger partial charge in [-0.3, -0.25) is 0 Å². The van der Waals surface area contributed by atoms with E-state index < -0.39 is 11.9 Å². The zero-order chi connectivity index (χ0) is 17.2. The fourth-order valence-corrected chi connectivity index (χ4v) is 1.44. The van der Waals surface area contributed by atoms with Crippen molar-refractivity contribution >= 4 is 11.9 Å². The molecule has 0 amide bonds. The fourth-order valence-electron chi connectivity index (χ4n) is 1.44. The van der Waals surface area contributed by atoms with Gasteiger partial charge >= 0.3 is 11.9 Å². The van der Waals surface area contributed by atoms with E-state index in [9.17, 15) is 9.59 Å². The Balaban J connectivity index is 2.56. The predicted molar refractivity (Wildman–Crippen MR) is 87.0 cm³/mol. The number of hydrogen-bond donors (Lipinski definition) is 0.